The van der Waals surface area contributed by atoms with Crippen LogP contribution in [0, 0.1) is 5.92 Å². The molecule has 6 nitrogen and oxygen atoms in total. The second-order valence-corrected chi connectivity index (χ2v) is 8.31. The fourth-order valence-corrected chi connectivity index (χ4v) is 4.08. The molecule has 3 aromatic carbocycles. The molecule has 0 spiro atoms. The van der Waals surface area contributed by atoms with Crippen molar-refractivity contribution in [2.45, 2.75) is 19.4 Å². The van der Waals surface area contributed by atoms with Gasteiger partial charge in [0.05, 0.1) is 13.0 Å². The van der Waals surface area contributed by atoms with Crippen LogP contribution < -0.4 is 15.4 Å². The first-order valence-electron chi connectivity index (χ1n) is 11.2. The van der Waals surface area contributed by atoms with E-state index >= 15 is 0 Å². The van der Waals surface area contributed by atoms with Gasteiger partial charge in [0.2, 0.25) is 5.91 Å². The van der Waals surface area contributed by atoms with E-state index in [9.17, 15) is 9.59 Å². The molecule has 1 fully saturated rings. The normalized spacial score (nSPS) is 16.1. The van der Waals surface area contributed by atoms with Crippen LogP contribution in [0.5, 0.6) is 5.75 Å². The molecule has 1 unspecified atom stereocenters. The quantitative estimate of drug-likeness (QED) is 0.550. The Morgan fingerprint density at radius 3 is 2.27 bits per heavy atom. The Kier molecular flexibility index (Phi) is 7.37. The van der Waals surface area contributed by atoms with E-state index in [1.165, 1.54) is 5.56 Å². The molecule has 1 atom stereocenters. The van der Waals surface area contributed by atoms with Gasteiger partial charge in [-0.1, -0.05) is 30.3 Å². The van der Waals surface area contributed by atoms with Gasteiger partial charge in [0.25, 0.3) is 5.91 Å². The molecule has 0 aromatic heterocycles. The molecule has 1 aliphatic rings. The van der Waals surface area contributed by atoms with Crippen LogP contribution in [-0.4, -0.2) is 36.9 Å². The van der Waals surface area contributed by atoms with Gasteiger partial charge in [-0.05, 0) is 73.5 Å². The van der Waals surface area contributed by atoms with E-state index in [-0.39, 0.29) is 17.7 Å². The fraction of sp³-hybridized carbons (Fsp3) is 0.259. The highest BCUT2D eigenvalue weighted by atomic mass is 16.5. The van der Waals surface area contributed by atoms with Gasteiger partial charge in [-0.15, -0.1) is 0 Å². The number of carbonyl (C=O) groups excluding carboxylic acids is 2. The van der Waals surface area contributed by atoms with Crippen molar-refractivity contribution in [1.29, 1.82) is 0 Å². The second kappa shape index (κ2) is 10.8. The predicted molar refractivity (Wildman–Crippen MR) is 130 cm³/mol. The Morgan fingerprint density at radius 1 is 0.909 bits per heavy atom. The topological polar surface area (TPSA) is 70.7 Å². The van der Waals surface area contributed by atoms with E-state index in [0.29, 0.717) is 16.9 Å². The van der Waals surface area contributed by atoms with Gasteiger partial charge < -0.3 is 15.4 Å². The highest BCUT2D eigenvalue weighted by Gasteiger charge is 2.26. The van der Waals surface area contributed by atoms with Gasteiger partial charge in [0.15, 0.2) is 0 Å². The van der Waals surface area contributed by atoms with E-state index in [4.69, 9.17) is 4.74 Å². The number of anilines is 2. The zero-order valence-electron chi connectivity index (χ0n) is 18.8. The van der Waals surface area contributed by atoms with Crippen molar-refractivity contribution >= 4 is 23.2 Å². The minimum Gasteiger partial charge on any atom is -0.497 e. The minimum absolute atomic E-state index is 0.0307. The Balaban J connectivity index is 1.30. The third-order valence-electron chi connectivity index (χ3n) is 5.89. The maximum atomic E-state index is 12.9. The maximum Gasteiger partial charge on any atom is 0.255 e. The van der Waals surface area contributed by atoms with Crippen molar-refractivity contribution in [2.24, 2.45) is 5.92 Å². The number of amides is 2. The summed E-state index contributed by atoms with van der Waals surface area (Å²) in [5.41, 5.74) is 3.18. The van der Waals surface area contributed by atoms with Crippen molar-refractivity contribution < 1.29 is 14.3 Å². The number of hydrogen-bond donors (Lipinski definition) is 2. The molecule has 0 aliphatic carbocycles. The number of hydrogen-bond acceptors (Lipinski definition) is 4. The van der Waals surface area contributed by atoms with Crippen LogP contribution in [0.4, 0.5) is 11.4 Å². The molecule has 4 rings (SSSR count). The number of nitrogens with zero attached hydrogens (tertiary/aromatic N) is 1. The summed E-state index contributed by atoms with van der Waals surface area (Å²) < 4.78 is 5.13. The van der Waals surface area contributed by atoms with Crippen LogP contribution >= 0.6 is 0 Å². The number of nitrogens with one attached hydrogen (secondary N) is 2. The average Bonchev–Trinajstić information content (AvgIpc) is 2.86. The largest absolute Gasteiger partial charge is 0.497 e. The molecule has 6 heteroatoms. The lowest BCUT2D eigenvalue weighted by atomic mass is 9.96. The Morgan fingerprint density at radius 2 is 1.58 bits per heavy atom. The van der Waals surface area contributed by atoms with Gasteiger partial charge in [0.1, 0.15) is 5.75 Å². The number of benzene rings is 3. The third kappa shape index (κ3) is 6.20. The van der Waals surface area contributed by atoms with Crippen molar-refractivity contribution in [3.63, 3.8) is 0 Å². The summed E-state index contributed by atoms with van der Waals surface area (Å²) in [4.78, 5) is 27.7. The number of likely N-dealkylation sites (tertiary alicyclic amines) is 1. The molecule has 0 radical (unpaired) electrons. The minimum atomic E-state index is -0.207. The molecule has 2 N–H and O–H groups in total. The van der Waals surface area contributed by atoms with E-state index in [2.05, 4.69) is 27.7 Å². The van der Waals surface area contributed by atoms with Crippen LogP contribution in [0.15, 0.2) is 78.9 Å². The lowest BCUT2D eigenvalue weighted by Gasteiger charge is -2.32. The maximum absolute atomic E-state index is 12.9. The number of ether oxygens (including phenoxy) is 1. The summed E-state index contributed by atoms with van der Waals surface area (Å²) in [5, 5.41) is 5.87. The van der Waals surface area contributed by atoms with Crippen molar-refractivity contribution in [3.05, 3.63) is 90.0 Å². The Hall–Kier alpha value is -3.64. The van der Waals surface area contributed by atoms with Gasteiger partial charge in [-0.2, -0.15) is 0 Å². The first-order chi connectivity index (χ1) is 16.1. The summed E-state index contributed by atoms with van der Waals surface area (Å²) >= 11 is 0. The Bertz CT molecular complexity index is 1070. The van der Waals surface area contributed by atoms with Crippen molar-refractivity contribution in [3.8, 4) is 5.75 Å². The number of piperidine rings is 1. The molecule has 33 heavy (non-hydrogen) atoms. The van der Waals surface area contributed by atoms with E-state index in [0.717, 1.165) is 38.2 Å². The molecule has 1 heterocycles. The van der Waals surface area contributed by atoms with Crippen molar-refractivity contribution in [2.75, 3.05) is 30.8 Å². The fourth-order valence-electron chi connectivity index (χ4n) is 4.08. The summed E-state index contributed by atoms with van der Waals surface area (Å²) in [7, 11) is 1.60. The predicted octanol–water partition coefficient (Wildman–Crippen LogP) is 4.80. The molecule has 2 amide bonds. The zero-order chi connectivity index (χ0) is 23.0. The summed E-state index contributed by atoms with van der Waals surface area (Å²) in [6.07, 6.45) is 1.90. The van der Waals surface area contributed by atoms with Gasteiger partial charge in [-0.25, -0.2) is 0 Å². The van der Waals surface area contributed by atoms with E-state index in [1.807, 2.05) is 18.2 Å². The molecule has 3 aromatic rings. The van der Waals surface area contributed by atoms with Crippen molar-refractivity contribution in [1.82, 2.24) is 4.90 Å². The molecular weight excluding hydrogens is 414 g/mol. The van der Waals surface area contributed by atoms with Gasteiger partial charge >= 0.3 is 0 Å². The molecule has 170 valence electrons. The smallest absolute Gasteiger partial charge is 0.255 e. The van der Waals surface area contributed by atoms with E-state index < -0.39 is 0 Å². The highest BCUT2D eigenvalue weighted by molar-refractivity contribution is 6.04. The highest BCUT2D eigenvalue weighted by Crippen LogP contribution is 2.21. The Labute approximate surface area is 194 Å². The molecule has 0 saturated carbocycles. The lowest BCUT2D eigenvalue weighted by molar-refractivity contribution is -0.121. The van der Waals surface area contributed by atoms with E-state index in [1.54, 1.807) is 55.6 Å². The standard InChI is InChI=1S/C27H29N3O3/c1-33-25-15-13-24(14-16-25)28-26(31)21-9-11-23(12-10-21)29-27(32)22-8-5-17-30(19-22)18-20-6-3-2-4-7-20/h2-4,6-7,9-16,22H,5,8,17-19H2,1H3,(H,28,31)(H,29,32). The molecular formula is C27H29N3O3. The first kappa shape index (κ1) is 22.6. The first-order valence-corrected chi connectivity index (χ1v) is 11.2. The molecule has 1 aliphatic heterocycles. The average molecular weight is 444 g/mol. The third-order valence-corrected chi connectivity index (χ3v) is 5.89. The van der Waals surface area contributed by atoms with Gasteiger partial charge in [0, 0.05) is 30.0 Å². The summed E-state index contributed by atoms with van der Waals surface area (Å²) in [6, 6.07) is 24.5. The summed E-state index contributed by atoms with van der Waals surface area (Å²) in [5.74, 6) is 0.514. The molecule has 0 bridgehead atoms. The van der Waals surface area contributed by atoms with Crippen LogP contribution in [0.2, 0.25) is 0 Å². The molecule has 1 saturated heterocycles. The number of rotatable bonds is 7. The SMILES string of the molecule is COc1ccc(NC(=O)c2ccc(NC(=O)C3CCCN(Cc4ccccc4)C3)cc2)cc1. The zero-order valence-corrected chi connectivity index (χ0v) is 18.8. The number of carbonyl (C=O) groups is 2. The van der Waals surface area contributed by atoms with Crippen LogP contribution in [0.3, 0.4) is 0 Å². The van der Waals surface area contributed by atoms with Crippen LogP contribution in [0.1, 0.15) is 28.8 Å². The lowest BCUT2D eigenvalue weighted by Crippen LogP contribution is -2.40. The van der Waals surface area contributed by atoms with Crippen LogP contribution in [0.25, 0.3) is 0 Å². The van der Waals surface area contributed by atoms with Crippen LogP contribution in [-0.2, 0) is 11.3 Å². The monoisotopic (exact) mass is 443 g/mol. The second-order valence-electron chi connectivity index (χ2n) is 8.31. The van der Waals surface area contributed by atoms with Gasteiger partial charge in [-0.3, -0.25) is 14.5 Å². The summed E-state index contributed by atoms with van der Waals surface area (Å²) in [6.45, 7) is 2.63. The number of methoxy groups -OCH3 is 1.